The number of urea groups is 1. The molecule has 2 aromatic carbocycles. The number of carbonyl (C=O) groups excluding carboxylic acids is 3. The van der Waals surface area contributed by atoms with Crippen LogP contribution in [0.15, 0.2) is 54.1 Å². The lowest BCUT2D eigenvalue weighted by Gasteiger charge is -2.26. The first kappa shape index (κ1) is 23.4. The number of carbonyl (C=O) groups is 3. The summed E-state index contributed by atoms with van der Waals surface area (Å²) in [7, 11) is 1.42. The number of amides is 4. The Morgan fingerprint density at radius 2 is 1.69 bits per heavy atom. The fourth-order valence-electron chi connectivity index (χ4n) is 4.01. The van der Waals surface area contributed by atoms with Gasteiger partial charge in [-0.3, -0.25) is 25.0 Å². The second-order valence-corrected chi connectivity index (χ2v) is 8.07. The average molecular weight is 474 g/mol. The quantitative estimate of drug-likeness (QED) is 0.258. The number of aromatic nitrogens is 1. The molecule has 0 bridgehead atoms. The highest BCUT2D eigenvalue weighted by atomic mass is 16.6. The molecule has 1 aromatic heterocycles. The van der Waals surface area contributed by atoms with Crippen LogP contribution in [0.25, 0.3) is 11.8 Å². The summed E-state index contributed by atoms with van der Waals surface area (Å²) in [6.45, 7) is 5.49. The smallest absolute Gasteiger partial charge is 0.335 e. The molecule has 0 aliphatic carbocycles. The standard InChI is InChI=1S/C25H22N4O6/c1-14-5-7-18(8-6-14)28-24(31)20(23(30)26-25(28)32)12-17-11-15(2)27(16(17)3)21-10-9-19(29(33)34)13-22(21)35-4/h5-13H,1-4H3,(H,26,30,32)/b20-12+. The first-order valence-corrected chi connectivity index (χ1v) is 10.6. The molecule has 178 valence electrons. The number of imide groups is 2. The maximum absolute atomic E-state index is 13.2. The summed E-state index contributed by atoms with van der Waals surface area (Å²) >= 11 is 0. The van der Waals surface area contributed by atoms with Crippen LogP contribution in [-0.2, 0) is 9.59 Å². The van der Waals surface area contributed by atoms with Crippen molar-refractivity contribution in [1.82, 2.24) is 9.88 Å². The van der Waals surface area contributed by atoms with Gasteiger partial charge in [0.15, 0.2) is 0 Å². The predicted molar refractivity (Wildman–Crippen MR) is 129 cm³/mol. The highest BCUT2D eigenvalue weighted by molar-refractivity contribution is 6.39. The summed E-state index contributed by atoms with van der Waals surface area (Å²) in [6.07, 6.45) is 1.43. The van der Waals surface area contributed by atoms with Crippen molar-refractivity contribution in [2.75, 3.05) is 12.0 Å². The Balaban J connectivity index is 1.78. The summed E-state index contributed by atoms with van der Waals surface area (Å²) in [5.74, 6) is -1.23. The second-order valence-electron chi connectivity index (χ2n) is 8.07. The lowest BCUT2D eigenvalue weighted by molar-refractivity contribution is -0.384. The van der Waals surface area contributed by atoms with Crippen molar-refractivity contribution in [1.29, 1.82) is 0 Å². The maximum atomic E-state index is 13.2. The molecule has 0 radical (unpaired) electrons. The van der Waals surface area contributed by atoms with E-state index in [2.05, 4.69) is 5.32 Å². The SMILES string of the molecule is COc1cc([N+](=O)[O-])ccc1-n1c(C)cc(/C=C2\C(=O)NC(=O)N(c3ccc(C)cc3)C2=O)c1C. The van der Waals surface area contributed by atoms with E-state index in [-0.39, 0.29) is 11.3 Å². The van der Waals surface area contributed by atoms with E-state index in [1.54, 1.807) is 43.3 Å². The van der Waals surface area contributed by atoms with Gasteiger partial charge >= 0.3 is 6.03 Å². The van der Waals surface area contributed by atoms with Crippen LogP contribution in [0.3, 0.4) is 0 Å². The fourth-order valence-corrected chi connectivity index (χ4v) is 4.01. The molecule has 1 aliphatic heterocycles. The Labute approximate surface area is 200 Å². The Morgan fingerprint density at radius 3 is 2.31 bits per heavy atom. The summed E-state index contributed by atoms with van der Waals surface area (Å²) in [4.78, 5) is 49.8. The van der Waals surface area contributed by atoms with Crippen molar-refractivity contribution < 1.29 is 24.0 Å². The zero-order valence-electron chi connectivity index (χ0n) is 19.5. The number of aryl methyl sites for hydroxylation is 2. The van der Waals surface area contributed by atoms with E-state index < -0.39 is 22.8 Å². The van der Waals surface area contributed by atoms with Gasteiger partial charge in [-0.1, -0.05) is 17.7 Å². The van der Waals surface area contributed by atoms with Crippen molar-refractivity contribution in [2.45, 2.75) is 20.8 Å². The number of nitro groups is 1. The van der Waals surface area contributed by atoms with Crippen molar-refractivity contribution >= 4 is 35.3 Å². The maximum Gasteiger partial charge on any atom is 0.335 e. The van der Waals surface area contributed by atoms with E-state index in [9.17, 15) is 24.5 Å². The van der Waals surface area contributed by atoms with Gasteiger partial charge in [0.1, 0.15) is 11.3 Å². The van der Waals surface area contributed by atoms with E-state index in [0.717, 1.165) is 16.2 Å². The van der Waals surface area contributed by atoms with Crippen molar-refractivity contribution in [2.24, 2.45) is 0 Å². The molecule has 10 heteroatoms. The van der Waals surface area contributed by atoms with Crippen molar-refractivity contribution in [3.8, 4) is 11.4 Å². The molecule has 1 saturated heterocycles. The summed E-state index contributed by atoms with van der Waals surface area (Å²) in [5, 5.41) is 13.4. The fraction of sp³-hybridized carbons (Fsp3) is 0.160. The van der Waals surface area contributed by atoms with E-state index >= 15 is 0 Å². The molecular weight excluding hydrogens is 452 g/mol. The van der Waals surface area contributed by atoms with Gasteiger partial charge < -0.3 is 9.30 Å². The van der Waals surface area contributed by atoms with Gasteiger partial charge in [0.2, 0.25) is 0 Å². The monoisotopic (exact) mass is 474 g/mol. The van der Waals surface area contributed by atoms with Gasteiger partial charge in [-0.05, 0) is 56.7 Å². The normalized spacial score (nSPS) is 14.9. The number of barbiturate groups is 1. The topological polar surface area (TPSA) is 124 Å². The molecule has 0 spiro atoms. The molecule has 4 rings (SSSR count). The third-order valence-electron chi connectivity index (χ3n) is 5.78. The van der Waals surface area contributed by atoms with Crippen LogP contribution in [0.5, 0.6) is 5.75 Å². The Morgan fingerprint density at radius 1 is 1.00 bits per heavy atom. The number of hydrogen-bond donors (Lipinski definition) is 1. The lowest BCUT2D eigenvalue weighted by Crippen LogP contribution is -2.54. The number of nitrogens with one attached hydrogen (secondary N) is 1. The lowest BCUT2D eigenvalue weighted by atomic mass is 10.1. The van der Waals surface area contributed by atoms with Gasteiger partial charge in [-0.2, -0.15) is 0 Å². The van der Waals surface area contributed by atoms with Crippen LogP contribution in [0.1, 0.15) is 22.5 Å². The molecule has 3 aromatic rings. The first-order chi connectivity index (χ1) is 16.6. The zero-order chi connectivity index (χ0) is 25.4. The molecule has 1 aliphatic rings. The van der Waals surface area contributed by atoms with Crippen molar-refractivity contribution in [3.63, 3.8) is 0 Å². The molecule has 1 fully saturated rings. The highest BCUT2D eigenvalue weighted by Crippen LogP contribution is 2.32. The third kappa shape index (κ3) is 4.17. The van der Waals surface area contributed by atoms with Crippen LogP contribution in [0.4, 0.5) is 16.2 Å². The van der Waals surface area contributed by atoms with Gasteiger partial charge in [0.05, 0.1) is 29.5 Å². The van der Waals surface area contributed by atoms with E-state index in [4.69, 9.17) is 4.74 Å². The number of non-ortho nitro benzene ring substituents is 1. The highest BCUT2D eigenvalue weighted by Gasteiger charge is 2.37. The molecule has 2 heterocycles. The van der Waals surface area contributed by atoms with E-state index in [0.29, 0.717) is 28.4 Å². The number of nitro benzene ring substituents is 1. The molecule has 4 amide bonds. The van der Waals surface area contributed by atoms with Crippen LogP contribution >= 0.6 is 0 Å². The van der Waals surface area contributed by atoms with E-state index in [1.807, 2.05) is 18.4 Å². The Kier molecular flexibility index (Phi) is 5.96. The largest absolute Gasteiger partial charge is 0.494 e. The minimum absolute atomic E-state index is 0.110. The van der Waals surface area contributed by atoms with Crippen molar-refractivity contribution in [3.05, 3.63) is 86.7 Å². The van der Waals surface area contributed by atoms with Crippen LogP contribution in [0.2, 0.25) is 0 Å². The predicted octanol–water partition coefficient (Wildman–Crippen LogP) is 3.99. The number of rotatable bonds is 5. The molecular formula is C25H22N4O6. The van der Waals surface area contributed by atoms with Gasteiger partial charge in [-0.15, -0.1) is 0 Å². The molecule has 0 saturated carbocycles. The van der Waals surface area contributed by atoms with Gasteiger partial charge in [0, 0.05) is 17.5 Å². The van der Waals surface area contributed by atoms with Crippen LogP contribution < -0.4 is 15.0 Å². The van der Waals surface area contributed by atoms with Gasteiger partial charge in [-0.25, -0.2) is 9.69 Å². The molecule has 0 unspecified atom stereocenters. The minimum Gasteiger partial charge on any atom is -0.494 e. The average Bonchev–Trinajstić information content (AvgIpc) is 3.09. The number of methoxy groups -OCH3 is 1. The first-order valence-electron chi connectivity index (χ1n) is 10.6. The number of hydrogen-bond acceptors (Lipinski definition) is 6. The molecule has 1 N–H and O–H groups in total. The number of ether oxygens (including phenoxy) is 1. The summed E-state index contributed by atoms with van der Waals surface area (Å²) in [6, 6.07) is 12.0. The number of anilines is 1. The zero-order valence-corrected chi connectivity index (χ0v) is 19.5. The van der Waals surface area contributed by atoms with Crippen LogP contribution in [-0.4, -0.2) is 34.4 Å². The third-order valence-corrected chi connectivity index (χ3v) is 5.78. The second kappa shape index (κ2) is 8.90. The molecule has 35 heavy (non-hydrogen) atoms. The van der Waals surface area contributed by atoms with Crippen LogP contribution in [0, 0.1) is 30.9 Å². The number of nitrogens with zero attached hydrogens (tertiary/aromatic N) is 3. The Hall–Kier alpha value is -4.73. The number of benzene rings is 2. The summed E-state index contributed by atoms with van der Waals surface area (Å²) in [5.41, 5.74) is 3.55. The molecule has 0 atom stereocenters. The molecule has 10 nitrogen and oxygen atoms in total. The van der Waals surface area contributed by atoms with Gasteiger partial charge in [0.25, 0.3) is 17.5 Å². The minimum atomic E-state index is -0.818. The van der Waals surface area contributed by atoms with E-state index in [1.165, 1.54) is 25.3 Å². The summed E-state index contributed by atoms with van der Waals surface area (Å²) < 4.78 is 7.18. The Bertz CT molecular complexity index is 1420.